The average molecular weight is 237 g/mol. The van der Waals surface area contributed by atoms with E-state index in [0.717, 1.165) is 16.4 Å². The minimum Gasteiger partial charge on any atom is -0.381 e. The Morgan fingerprint density at radius 1 is 1.50 bits per heavy atom. The lowest BCUT2D eigenvalue weighted by Gasteiger charge is -2.00. The van der Waals surface area contributed by atoms with Crippen molar-refractivity contribution in [1.82, 2.24) is 20.0 Å². The molecule has 2 rings (SSSR count). The zero-order chi connectivity index (χ0) is 11.7. The van der Waals surface area contributed by atoms with E-state index in [-0.39, 0.29) is 0 Å². The van der Waals surface area contributed by atoms with Gasteiger partial charge in [0.1, 0.15) is 0 Å². The van der Waals surface area contributed by atoms with Crippen molar-refractivity contribution in [2.75, 3.05) is 5.73 Å². The number of anilines is 1. The first-order valence-electron chi connectivity index (χ1n) is 5.17. The number of thiazole rings is 1. The minimum atomic E-state index is 0.473. The Kier molecular flexibility index (Phi) is 2.91. The highest BCUT2D eigenvalue weighted by Gasteiger charge is 2.09. The summed E-state index contributed by atoms with van der Waals surface area (Å²) in [6.45, 7) is 6.83. The molecular weight excluding hydrogens is 222 g/mol. The van der Waals surface area contributed by atoms with E-state index in [0.29, 0.717) is 18.3 Å². The fraction of sp³-hybridized carbons (Fsp3) is 0.500. The molecule has 2 aromatic heterocycles. The van der Waals surface area contributed by atoms with Gasteiger partial charge in [-0.3, -0.25) is 0 Å². The molecule has 0 fully saturated rings. The highest BCUT2D eigenvalue weighted by Crippen LogP contribution is 2.20. The highest BCUT2D eigenvalue weighted by molar-refractivity contribution is 7.09. The van der Waals surface area contributed by atoms with Crippen molar-refractivity contribution in [2.45, 2.75) is 33.2 Å². The molecule has 0 aromatic carbocycles. The summed E-state index contributed by atoms with van der Waals surface area (Å²) in [4.78, 5) is 4.54. The summed E-state index contributed by atoms with van der Waals surface area (Å²) in [6.07, 6.45) is 0. The topological polar surface area (TPSA) is 69.6 Å². The monoisotopic (exact) mass is 237 g/mol. The Balaban J connectivity index is 2.17. The van der Waals surface area contributed by atoms with E-state index < -0.39 is 0 Å². The summed E-state index contributed by atoms with van der Waals surface area (Å²) < 4.78 is 1.77. The molecule has 2 aromatic rings. The molecule has 0 saturated carbocycles. The number of hydrogen-bond acceptors (Lipinski definition) is 5. The molecule has 0 atom stereocenters. The predicted octanol–water partition coefficient (Wildman–Crippen LogP) is 1.80. The second kappa shape index (κ2) is 4.21. The molecule has 0 saturated heterocycles. The van der Waals surface area contributed by atoms with Crippen LogP contribution in [0.15, 0.2) is 5.38 Å². The second-order valence-corrected chi connectivity index (χ2v) is 4.94. The summed E-state index contributed by atoms with van der Waals surface area (Å²) >= 11 is 1.69. The molecule has 0 aliphatic carbocycles. The first-order valence-corrected chi connectivity index (χ1v) is 6.05. The zero-order valence-electron chi connectivity index (χ0n) is 9.64. The van der Waals surface area contributed by atoms with Crippen LogP contribution >= 0.6 is 11.3 Å². The maximum absolute atomic E-state index is 5.64. The summed E-state index contributed by atoms with van der Waals surface area (Å²) in [6, 6.07) is 0. The van der Waals surface area contributed by atoms with Gasteiger partial charge >= 0.3 is 0 Å². The first-order chi connectivity index (χ1) is 7.58. The highest BCUT2D eigenvalue weighted by atomic mass is 32.1. The van der Waals surface area contributed by atoms with Crippen LogP contribution < -0.4 is 5.73 Å². The lowest BCUT2D eigenvalue weighted by atomic mass is 10.2. The average Bonchev–Trinajstić information content (AvgIpc) is 2.81. The van der Waals surface area contributed by atoms with E-state index >= 15 is 0 Å². The maximum Gasteiger partial charge on any atom is 0.168 e. The molecule has 86 valence electrons. The van der Waals surface area contributed by atoms with Gasteiger partial charge in [0.2, 0.25) is 0 Å². The molecule has 0 amide bonds. The zero-order valence-corrected chi connectivity index (χ0v) is 10.5. The van der Waals surface area contributed by atoms with Crippen LogP contribution in [0.25, 0.3) is 0 Å². The quantitative estimate of drug-likeness (QED) is 0.883. The molecule has 5 nitrogen and oxygen atoms in total. The third kappa shape index (κ3) is 2.06. The van der Waals surface area contributed by atoms with E-state index in [9.17, 15) is 0 Å². The minimum absolute atomic E-state index is 0.473. The maximum atomic E-state index is 5.64. The van der Waals surface area contributed by atoms with Crippen molar-refractivity contribution < 1.29 is 0 Å². The van der Waals surface area contributed by atoms with Gasteiger partial charge in [-0.15, -0.1) is 16.4 Å². The lowest BCUT2D eigenvalue weighted by Crippen LogP contribution is -2.05. The summed E-state index contributed by atoms with van der Waals surface area (Å²) in [5, 5.41) is 11.0. The van der Waals surface area contributed by atoms with Crippen molar-refractivity contribution in [3.8, 4) is 0 Å². The molecule has 6 heteroatoms. The van der Waals surface area contributed by atoms with Crippen LogP contribution in [0, 0.1) is 6.92 Å². The third-order valence-corrected chi connectivity index (χ3v) is 3.59. The SMILES string of the molecule is Cc1c(N)nnn1Cc1csc(C(C)C)n1. The molecule has 0 unspecified atom stereocenters. The standard InChI is InChI=1S/C10H15N5S/c1-6(2)10-12-8(5-16-10)4-15-7(3)9(11)13-14-15/h5-6H,4,11H2,1-3H3. The molecule has 2 N–H and O–H groups in total. The van der Waals surface area contributed by atoms with Crippen molar-refractivity contribution in [3.05, 3.63) is 21.8 Å². The van der Waals surface area contributed by atoms with E-state index in [4.69, 9.17) is 5.73 Å². The third-order valence-electron chi connectivity index (χ3n) is 2.39. The summed E-state index contributed by atoms with van der Waals surface area (Å²) in [7, 11) is 0. The molecular formula is C10H15N5S. The summed E-state index contributed by atoms with van der Waals surface area (Å²) in [5.74, 6) is 0.958. The van der Waals surface area contributed by atoms with Crippen molar-refractivity contribution in [3.63, 3.8) is 0 Å². The molecule has 0 spiro atoms. The van der Waals surface area contributed by atoms with Crippen molar-refractivity contribution in [1.29, 1.82) is 0 Å². The number of aromatic nitrogens is 4. The van der Waals surface area contributed by atoms with Crippen LogP contribution in [-0.2, 0) is 6.54 Å². The lowest BCUT2D eigenvalue weighted by molar-refractivity contribution is 0.623. The molecule has 2 heterocycles. The second-order valence-electron chi connectivity index (χ2n) is 4.05. The number of nitrogens with two attached hydrogens (primary N) is 1. The normalized spacial score (nSPS) is 11.2. The molecule has 0 radical (unpaired) electrons. The Morgan fingerprint density at radius 3 is 2.75 bits per heavy atom. The molecule has 0 aliphatic heterocycles. The van der Waals surface area contributed by atoms with Crippen LogP contribution in [0.5, 0.6) is 0 Å². The first kappa shape index (κ1) is 11.1. The van der Waals surface area contributed by atoms with Gasteiger partial charge in [0.25, 0.3) is 0 Å². The number of hydrogen-bond donors (Lipinski definition) is 1. The number of nitrogen functional groups attached to an aromatic ring is 1. The summed E-state index contributed by atoms with van der Waals surface area (Å²) in [5.41, 5.74) is 7.54. The van der Waals surface area contributed by atoms with Gasteiger partial charge in [0.15, 0.2) is 5.82 Å². The Morgan fingerprint density at radius 2 is 2.25 bits per heavy atom. The Labute approximate surface area is 98.3 Å². The predicted molar refractivity (Wildman–Crippen MR) is 64.5 cm³/mol. The van der Waals surface area contributed by atoms with Gasteiger partial charge < -0.3 is 5.73 Å². The van der Waals surface area contributed by atoms with Gasteiger partial charge in [0.05, 0.1) is 22.9 Å². The molecule has 0 bridgehead atoms. The molecule has 0 aliphatic rings. The van der Waals surface area contributed by atoms with Gasteiger partial charge in [-0.2, -0.15) is 0 Å². The van der Waals surface area contributed by atoms with Crippen LogP contribution in [0.4, 0.5) is 5.82 Å². The van der Waals surface area contributed by atoms with Crippen LogP contribution in [0.2, 0.25) is 0 Å². The largest absolute Gasteiger partial charge is 0.381 e. The van der Waals surface area contributed by atoms with Crippen molar-refractivity contribution >= 4 is 17.2 Å². The van der Waals surface area contributed by atoms with Crippen LogP contribution in [0.3, 0.4) is 0 Å². The Bertz CT molecular complexity index is 485. The van der Waals surface area contributed by atoms with Crippen LogP contribution in [0.1, 0.15) is 36.2 Å². The number of rotatable bonds is 3. The van der Waals surface area contributed by atoms with Crippen molar-refractivity contribution in [2.24, 2.45) is 0 Å². The van der Waals surface area contributed by atoms with E-state index in [1.165, 1.54) is 0 Å². The number of nitrogens with zero attached hydrogens (tertiary/aromatic N) is 4. The van der Waals surface area contributed by atoms with E-state index in [1.54, 1.807) is 16.0 Å². The van der Waals surface area contributed by atoms with E-state index in [2.05, 4.69) is 34.5 Å². The van der Waals surface area contributed by atoms with E-state index in [1.807, 2.05) is 6.92 Å². The van der Waals surface area contributed by atoms with Gasteiger partial charge in [-0.25, -0.2) is 9.67 Å². The molecule has 16 heavy (non-hydrogen) atoms. The smallest absolute Gasteiger partial charge is 0.168 e. The fourth-order valence-corrected chi connectivity index (χ4v) is 2.16. The van der Waals surface area contributed by atoms with Gasteiger partial charge in [0, 0.05) is 11.3 Å². The van der Waals surface area contributed by atoms with Gasteiger partial charge in [-0.05, 0) is 6.92 Å². The Hall–Kier alpha value is -1.43. The van der Waals surface area contributed by atoms with Gasteiger partial charge in [-0.1, -0.05) is 19.1 Å². The fourth-order valence-electron chi connectivity index (χ4n) is 1.34. The van der Waals surface area contributed by atoms with Crippen LogP contribution in [-0.4, -0.2) is 20.0 Å².